The van der Waals surface area contributed by atoms with Gasteiger partial charge in [-0.15, -0.1) is 6.58 Å². The molecule has 4 aromatic rings. The molecule has 4 aromatic carbocycles. The van der Waals surface area contributed by atoms with Gasteiger partial charge in [-0.25, -0.2) is 9.59 Å². The van der Waals surface area contributed by atoms with Crippen LogP contribution in [0.15, 0.2) is 114 Å². The Morgan fingerprint density at radius 3 is 1.96 bits per heavy atom. The molecule has 0 N–H and O–H groups in total. The average Bonchev–Trinajstić information content (AvgIpc) is 3.16. The van der Waals surface area contributed by atoms with Crippen molar-refractivity contribution in [2.75, 3.05) is 19.8 Å². The van der Waals surface area contributed by atoms with E-state index in [1.807, 2.05) is 52.0 Å². The summed E-state index contributed by atoms with van der Waals surface area (Å²) in [5, 5.41) is 8.64. The Bertz CT molecular complexity index is 1800. The van der Waals surface area contributed by atoms with E-state index in [-0.39, 0.29) is 23.7 Å². The van der Waals surface area contributed by atoms with Crippen molar-refractivity contribution in [3.8, 4) is 17.2 Å². The summed E-state index contributed by atoms with van der Waals surface area (Å²) in [6.07, 6.45) is 4.78. The number of unbranched alkanes of at least 4 members (excludes halogenated alkanes) is 1. The van der Waals surface area contributed by atoms with E-state index in [0.29, 0.717) is 54.6 Å². The van der Waals surface area contributed by atoms with Crippen LogP contribution < -0.4 is 14.2 Å². The van der Waals surface area contributed by atoms with Crippen molar-refractivity contribution < 1.29 is 38.1 Å². The maximum atomic E-state index is 12.9. The first kappa shape index (κ1) is 39.2. The van der Waals surface area contributed by atoms with Gasteiger partial charge in [0.2, 0.25) is 0 Å². The number of rotatable bonds is 19. The second kappa shape index (κ2) is 20.3. The molecule has 0 aromatic heterocycles. The average molecular weight is 707 g/mol. The van der Waals surface area contributed by atoms with Crippen LogP contribution in [0.2, 0.25) is 0 Å². The predicted molar refractivity (Wildman–Crippen MR) is 199 cm³/mol. The summed E-state index contributed by atoms with van der Waals surface area (Å²) in [5.74, 6) is -0.0705. The first-order chi connectivity index (χ1) is 25.1. The van der Waals surface area contributed by atoms with Gasteiger partial charge in [0.1, 0.15) is 17.2 Å². The maximum Gasteiger partial charge on any atom is 0.343 e. The van der Waals surface area contributed by atoms with Gasteiger partial charge in [-0.3, -0.25) is 4.79 Å². The molecule has 0 saturated heterocycles. The Hall–Kier alpha value is -5.61. The van der Waals surface area contributed by atoms with Gasteiger partial charge in [0.25, 0.3) is 0 Å². The van der Waals surface area contributed by atoms with Gasteiger partial charge in [-0.05, 0) is 130 Å². The van der Waals surface area contributed by atoms with Crippen LogP contribution in [0.25, 0.3) is 0 Å². The predicted octanol–water partition coefficient (Wildman–Crippen LogP) is 9.73. The normalized spacial score (nSPS) is 12.2. The smallest absolute Gasteiger partial charge is 0.343 e. The van der Waals surface area contributed by atoms with Crippen molar-refractivity contribution in [3.05, 3.63) is 126 Å². The van der Waals surface area contributed by atoms with E-state index in [2.05, 4.69) is 16.8 Å². The highest BCUT2D eigenvalue weighted by molar-refractivity contribution is 5.93. The summed E-state index contributed by atoms with van der Waals surface area (Å²) in [6, 6.07) is 25.8. The van der Waals surface area contributed by atoms with Gasteiger partial charge in [-0.2, -0.15) is 10.2 Å². The zero-order chi connectivity index (χ0) is 37.3. The number of nitrogens with zero attached hydrogens (tertiary/aromatic N) is 2. The Labute approximate surface area is 305 Å². The lowest BCUT2D eigenvalue weighted by molar-refractivity contribution is -0.148. The van der Waals surface area contributed by atoms with E-state index in [9.17, 15) is 14.4 Å². The number of benzene rings is 4. The summed E-state index contributed by atoms with van der Waals surface area (Å²) < 4.78 is 27.7. The van der Waals surface area contributed by atoms with Gasteiger partial charge in [0, 0.05) is 0 Å². The number of azo groups is 1. The van der Waals surface area contributed by atoms with Crippen LogP contribution in [0, 0.1) is 12.8 Å². The quantitative estimate of drug-likeness (QED) is 0.0311. The zero-order valence-electron chi connectivity index (χ0n) is 30.2. The Kier molecular flexibility index (Phi) is 15.3. The third kappa shape index (κ3) is 12.6. The van der Waals surface area contributed by atoms with Crippen LogP contribution in [-0.4, -0.2) is 43.8 Å². The highest BCUT2D eigenvalue weighted by Gasteiger charge is 2.14. The van der Waals surface area contributed by atoms with Crippen LogP contribution in [0.4, 0.5) is 11.4 Å². The first-order valence-corrected chi connectivity index (χ1v) is 17.4. The number of aryl methyl sites for hydroxylation is 1. The SMILES string of the molecule is C=CC(C)OCCc1ccc(N=Nc2ccc(OC(=O)c3ccc(OC(=O)c4ccc(OCCCCOC(=O)C(C)CC)cc4)cc3)c(C)c2)cc1. The molecule has 272 valence electrons. The number of carbonyl (C=O) groups is 3. The number of carbonyl (C=O) groups excluding carboxylic acids is 3. The van der Waals surface area contributed by atoms with Gasteiger partial charge >= 0.3 is 17.9 Å². The minimum atomic E-state index is -0.553. The lowest BCUT2D eigenvalue weighted by Gasteiger charge is -2.10. The summed E-state index contributed by atoms with van der Waals surface area (Å²) in [4.78, 5) is 37.3. The van der Waals surface area contributed by atoms with Crippen molar-refractivity contribution >= 4 is 29.3 Å². The minimum absolute atomic E-state index is 0.0267. The molecule has 0 aliphatic heterocycles. The monoisotopic (exact) mass is 706 g/mol. The third-order valence-electron chi connectivity index (χ3n) is 8.14. The van der Waals surface area contributed by atoms with Gasteiger partial charge in [-0.1, -0.05) is 32.1 Å². The van der Waals surface area contributed by atoms with Gasteiger partial charge < -0.3 is 23.7 Å². The Morgan fingerprint density at radius 1 is 0.731 bits per heavy atom. The van der Waals surface area contributed by atoms with Crippen LogP contribution in [0.5, 0.6) is 17.2 Å². The molecule has 0 heterocycles. The van der Waals surface area contributed by atoms with Crippen LogP contribution in [0.3, 0.4) is 0 Å². The molecule has 0 bridgehead atoms. The molecule has 0 aliphatic rings. The van der Waals surface area contributed by atoms with E-state index in [1.54, 1.807) is 48.5 Å². The van der Waals surface area contributed by atoms with Crippen molar-refractivity contribution in [3.63, 3.8) is 0 Å². The van der Waals surface area contributed by atoms with Gasteiger partial charge in [0.15, 0.2) is 0 Å². The summed E-state index contributed by atoms with van der Waals surface area (Å²) in [6.45, 7) is 12.7. The summed E-state index contributed by atoms with van der Waals surface area (Å²) in [7, 11) is 0. The van der Waals surface area contributed by atoms with Crippen molar-refractivity contribution in [2.45, 2.75) is 59.5 Å². The fraction of sp³-hybridized carbons (Fsp3) is 0.310. The number of esters is 3. The summed E-state index contributed by atoms with van der Waals surface area (Å²) >= 11 is 0. The van der Waals surface area contributed by atoms with Gasteiger partial charge in [0.05, 0.1) is 54.3 Å². The van der Waals surface area contributed by atoms with Crippen LogP contribution >= 0.6 is 0 Å². The molecule has 10 nitrogen and oxygen atoms in total. The molecule has 0 saturated carbocycles. The second-order valence-corrected chi connectivity index (χ2v) is 12.2. The van der Waals surface area contributed by atoms with Crippen molar-refractivity contribution in [1.82, 2.24) is 0 Å². The molecule has 0 amide bonds. The molecule has 0 aliphatic carbocycles. The molecule has 2 unspecified atom stereocenters. The lowest BCUT2D eigenvalue weighted by atomic mass is 10.1. The molecule has 0 fully saturated rings. The number of hydrogen-bond donors (Lipinski definition) is 0. The van der Waals surface area contributed by atoms with E-state index in [1.165, 1.54) is 24.3 Å². The molecule has 0 spiro atoms. The third-order valence-corrected chi connectivity index (χ3v) is 8.14. The van der Waals surface area contributed by atoms with Crippen LogP contribution in [0.1, 0.15) is 71.9 Å². The Morgan fingerprint density at radius 2 is 1.33 bits per heavy atom. The topological polar surface area (TPSA) is 122 Å². The fourth-order valence-electron chi connectivity index (χ4n) is 4.63. The van der Waals surface area contributed by atoms with Crippen molar-refractivity contribution in [2.24, 2.45) is 16.1 Å². The first-order valence-electron chi connectivity index (χ1n) is 17.4. The highest BCUT2D eigenvalue weighted by atomic mass is 16.5. The molecule has 4 rings (SSSR count). The van der Waals surface area contributed by atoms with E-state index in [4.69, 9.17) is 23.7 Å². The molecular weight excluding hydrogens is 660 g/mol. The Balaban J connectivity index is 1.20. The number of ether oxygens (including phenoxy) is 5. The van der Waals surface area contributed by atoms with E-state index < -0.39 is 11.9 Å². The van der Waals surface area contributed by atoms with Crippen LogP contribution in [-0.2, 0) is 20.7 Å². The maximum absolute atomic E-state index is 12.9. The van der Waals surface area contributed by atoms with E-state index >= 15 is 0 Å². The molecule has 10 heteroatoms. The zero-order valence-corrected chi connectivity index (χ0v) is 30.2. The van der Waals surface area contributed by atoms with Crippen molar-refractivity contribution in [1.29, 1.82) is 0 Å². The largest absolute Gasteiger partial charge is 0.494 e. The fourth-order valence-corrected chi connectivity index (χ4v) is 4.63. The highest BCUT2D eigenvalue weighted by Crippen LogP contribution is 2.27. The molecule has 0 radical (unpaired) electrons. The minimum Gasteiger partial charge on any atom is -0.494 e. The lowest BCUT2D eigenvalue weighted by Crippen LogP contribution is -2.15. The molecule has 2 atom stereocenters. The molecule has 52 heavy (non-hydrogen) atoms. The summed E-state index contributed by atoms with van der Waals surface area (Å²) in [5.41, 5.74) is 3.84. The second-order valence-electron chi connectivity index (χ2n) is 12.2. The standard InChI is InChI=1S/C42H46N2O8/c1-6-29(3)40(45)50-26-9-8-25-49-37-19-12-33(13-20-37)41(46)51-38-21-14-34(15-22-38)42(47)52-39-23-18-36(28-30(39)4)44-43-35-16-10-32(11-17-35)24-27-48-31(5)7-2/h7,10-23,28-29,31H,2,6,8-9,24-27H2,1,3-5H3. The van der Waals surface area contributed by atoms with E-state index in [0.717, 1.165) is 36.1 Å². The number of hydrogen-bond acceptors (Lipinski definition) is 10. The molecular formula is C42H46N2O8.